The molecular weight excluding hydrogens is 242 g/mol. The maximum Gasteiger partial charge on any atom is 0.301 e. The van der Waals surface area contributed by atoms with Crippen molar-refractivity contribution < 1.29 is 9.21 Å². The lowest BCUT2D eigenvalue weighted by molar-refractivity contribution is 0.0919. The molecular formula is C14H25N3O2. The van der Waals surface area contributed by atoms with Gasteiger partial charge in [-0.2, -0.15) is 0 Å². The van der Waals surface area contributed by atoms with Crippen LogP contribution in [0.15, 0.2) is 10.5 Å². The normalized spacial score (nSPS) is 11.6. The van der Waals surface area contributed by atoms with Gasteiger partial charge in [0.05, 0.1) is 6.54 Å². The summed E-state index contributed by atoms with van der Waals surface area (Å²) in [6.45, 7) is 12.2. The molecule has 0 fully saturated rings. The van der Waals surface area contributed by atoms with E-state index in [2.05, 4.69) is 38.0 Å². The van der Waals surface area contributed by atoms with Crippen molar-refractivity contribution in [2.45, 2.75) is 47.2 Å². The van der Waals surface area contributed by atoms with Gasteiger partial charge in [0.2, 0.25) is 0 Å². The predicted molar refractivity (Wildman–Crippen MR) is 75.5 cm³/mol. The summed E-state index contributed by atoms with van der Waals surface area (Å²) < 4.78 is 5.60. The molecule has 0 radical (unpaired) electrons. The number of carbonyl (C=O) groups excluding carboxylic acids is 1. The second-order valence-electron chi connectivity index (χ2n) is 5.62. The van der Waals surface area contributed by atoms with Crippen LogP contribution in [-0.4, -0.2) is 23.4 Å². The molecule has 0 saturated heterocycles. The zero-order valence-electron chi connectivity index (χ0n) is 12.5. The van der Waals surface area contributed by atoms with Crippen LogP contribution in [0.2, 0.25) is 0 Å². The molecule has 0 aliphatic heterocycles. The van der Waals surface area contributed by atoms with Gasteiger partial charge in [0.1, 0.15) is 5.76 Å². The molecule has 1 rings (SSSR count). The summed E-state index contributed by atoms with van der Waals surface area (Å²) in [5, 5.41) is 0. The van der Waals surface area contributed by atoms with Crippen LogP contribution in [0.5, 0.6) is 0 Å². The number of rotatable bonds is 6. The number of furan rings is 1. The first-order chi connectivity index (χ1) is 8.85. The van der Waals surface area contributed by atoms with Crippen LogP contribution in [-0.2, 0) is 6.54 Å². The van der Waals surface area contributed by atoms with Gasteiger partial charge in [-0.1, -0.05) is 13.8 Å². The summed E-state index contributed by atoms with van der Waals surface area (Å²) in [7, 11) is 0. The fourth-order valence-electron chi connectivity index (χ4n) is 2.04. The van der Waals surface area contributed by atoms with Gasteiger partial charge in [-0.05, 0) is 32.8 Å². The van der Waals surface area contributed by atoms with Crippen molar-refractivity contribution in [2.24, 2.45) is 11.8 Å². The van der Waals surface area contributed by atoms with E-state index in [4.69, 9.17) is 10.3 Å². The molecule has 0 unspecified atom stereocenters. The monoisotopic (exact) mass is 267 g/mol. The standard InChI is InChI=1S/C14H25N3O2/c1-9(2)7-17(10(3)4)8-12-6-11(5)13(19-12)14(18)16-15/h6,9-10H,7-8,15H2,1-5H3,(H,16,18). The third kappa shape index (κ3) is 4.36. The van der Waals surface area contributed by atoms with Crippen molar-refractivity contribution in [1.29, 1.82) is 0 Å². The van der Waals surface area contributed by atoms with Crippen molar-refractivity contribution in [3.05, 3.63) is 23.2 Å². The fourth-order valence-corrected chi connectivity index (χ4v) is 2.04. The minimum Gasteiger partial charge on any atom is -0.454 e. The van der Waals surface area contributed by atoms with Crippen molar-refractivity contribution in [1.82, 2.24) is 10.3 Å². The van der Waals surface area contributed by atoms with E-state index in [0.29, 0.717) is 24.3 Å². The Morgan fingerprint density at radius 2 is 2.05 bits per heavy atom. The molecule has 0 spiro atoms. The molecule has 5 nitrogen and oxygen atoms in total. The van der Waals surface area contributed by atoms with E-state index in [-0.39, 0.29) is 5.91 Å². The minimum atomic E-state index is -0.385. The van der Waals surface area contributed by atoms with Crippen LogP contribution in [0.25, 0.3) is 0 Å². The molecule has 0 bridgehead atoms. The van der Waals surface area contributed by atoms with Gasteiger partial charge in [0, 0.05) is 18.2 Å². The Morgan fingerprint density at radius 3 is 2.53 bits per heavy atom. The Hall–Kier alpha value is -1.33. The number of amides is 1. The first-order valence-corrected chi connectivity index (χ1v) is 6.69. The number of hydrazine groups is 1. The zero-order chi connectivity index (χ0) is 14.6. The average Bonchev–Trinajstić information content (AvgIpc) is 2.67. The maximum atomic E-state index is 11.5. The molecule has 1 heterocycles. The molecule has 0 aromatic carbocycles. The molecule has 0 atom stereocenters. The van der Waals surface area contributed by atoms with E-state index in [1.54, 1.807) is 0 Å². The van der Waals surface area contributed by atoms with E-state index in [1.165, 1.54) is 0 Å². The molecule has 0 saturated carbocycles. The Labute approximate surface area is 115 Å². The first-order valence-electron chi connectivity index (χ1n) is 6.69. The minimum absolute atomic E-state index is 0.297. The fraction of sp³-hybridized carbons (Fsp3) is 0.643. The van der Waals surface area contributed by atoms with Crippen molar-refractivity contribution in [3.63, 3.8) is 0 Å². The summed E-state index contributed by atoms with van der Waals surface area (Å²) in [5.74, 6) is 6.42. The number of hydrogen-bond acceptors (Lipinski definition) is 4. The lowest BCUT2D eigenvalue weighted by atomic mass is 10.1. The molecule has 1 aromatic rings. The highest BCUT2D eigenvalue weighted by atomic mass is 16.4. The summed E-state index contributed by atoms with van der Waals surface area (Å²) in [6, 6.07) is 2.33. The van der Waals surface area contributed by atoms with E-state index in [1.807, 2.05) is 13.0 Å². The summed E-state index contributed by atoms with van der Waals surface area (Å²) in [5.41, 5.74) is 2.91. The highest BCUT2D eigenvalue weighted by Crippen LogP contribution is 2.18. The largest absolute Gasteiger partial charge is 0.454 e. The number of aryl methyl sites for hydroxylation is 1. The van der Waals surface area contributed by atoms with Gasteiger partial charge in [-0.15, -0.1) is 0 Å². The average molecular weight is 267 g/mol. The molecule has 1 amide bonds. The van der Waals surface area contributed by atoms with Crippen molar-refractivity contribution >= 4 is 5.91 Å². The first kappa shape index (κ1) is 15.7. The quantitative estimate of drug-likeness (QED) is 0.470. The predicted octanol–water partition coefficient (Wildman–Crippen LogP) is 2.06. The Morgan fingerprint density at radius 1 is 1.42 bits per heavy atom. The van der Waals surface area contributed by atoms with Gasteiger partial charge >= 0.3 is 5.91 Å². The highest BCUT2D eigenvalue weighted by Gasteiger charge is 2.18. The lowest BCUT2D eigenvalue weighted by Crippen LogP contribution is -2.33. The van der Waals surface area contributed by atoms with Crippen molar-refractivity contribution in [3.8, 4) is 0 Å². The molecule has 0 aliphatic rings. The number of nitrogen functional groups attached to an aromatic ring is 1. The van der Waals surface area contributed by atoms with Gasteiger partial charge in [0.15, 0.2) is 5.76 Å². The van der Waals surface area contributed by atoms with Crippen LogP contribution in [0.4, 0.5) is 0 Å². The Balaban J connectivity index is 2.83. The number of nitrogens with two attached hydrogens (primary N) is 1. The Bertz CT molecular complexity index is 424. The molecule has 3 N–H and O–H groups in total. The van der Waals surface area contributed by atoms with Gasteiger partial charge in [0.25, 0.3) is 0 Å². The summed E-state index contributed by atoms with van der Waals surface area (Å²) in [4.78, 5) is 13.8. The van der Waals surface area contributed by atoms with E-state index in [9.17, 15) is 4.79 Å². The number of hydrogen-bond donors (Lipinski definition) is 2. The van der Waals surface area contributed by atoms with Crippen LogP contribution in [0.3, 0.4) is 0 Å². The SMILES string of the molecule is Cc1cc(CN(CC(C)C)C(C)C)oc1C(=O)NN. The maximum absolute atomic E-state index is 11.5. The van der Waals surface area contributed by atoms with Crippen LogP contribution >= 0.6 is 0 Å². The van der Waals surface area contributed by atoms with Crippen LogP contribution in [0, 0.1) is 12.8 Å². The van der Waals surface area contributed by atoms with E-state index >= 15 is 0 Å². The number of carbonyl (C=O) groups is 1. The van der Waals surface area contributed by atoms with Crippen molar-refractivity contribution in [2.75, 3.05) is 6.54 Å². The van der Waals surface area contributed by atoms with Crippen LogP contribution < -0.4 is 11.3 Å². The second-order valence-corrected chi connectivity index (χ2v) is 5.62. The highest BCUT2D eigenvalue weighted by molar-refractivity contribution is 5.92. The van der Waals surface area contributed by atoms with E-state index in [0.717, 1.165) is 17.9 Å². The van der Waals surface area contributed by atoms with Gasteiger partial charge in [-0.25, -0.2) is 5.84 Å². The summed E-state index contributed by atoms with van der Waals surface area (Å²) >= 11 is 0. The lowest BCUT2D eigenvalue weighted by Gasteiger charge is -2.27. The number of nitrogens with one attached hydrogen (secondary N) is 1. The third-order valence-electron chi connectivity index (χ3n) is 3.00. The van der Waals surface area contributed by atoms with E-state index < -0.39 is 0 Å². The summed E-state index contributed by atoms with van der Waals surface area (Å²) in [6.07, 6.45) is 0. The molecule has 5 heteroatoms. The molecule has 1 aromatic heterocycles. The third-order valence-corrected chi connectivity index (χ3v) is 3.00. The number of nitrogens with zero attached hydrogens (tertiary/aromatic N) is 1. The van der Waals surface area contributed by atoms with Gasteiger partial charge < -0.3 is 4.42 Å². The molecule has 19 heavy (non-hydrogen) atoms. The Kier molecular flexibility index (Phi) is 5.57. The molecule has 108 valence electrons. The smallest absolute Gasteiger partial charge is 0.301 e. The topological polar surface area (TPSA) is 71.5 Å². The van der Waals surface area contributed by atoms with Gasteiger partial charge in [-0.3, -0.25) is 15.1 Å². The van der Waals surface area contributed by atoms with Crippen LogP contribution in [0.1, 0.15) is 49.6 Å². The molecule has 0 aliphatic carbocycles. The zero-order valence-corrected chi connectivity index (χ0v) is 12.5. The second kappa shape index (κ2) is 6.73.